The Morgan fingerprint density at radius 1 is 1.07 bits per heavy atom. The smallest absolute Gasteiger partial charge is 0.328 e. The van der Waals surface area contributed by atoms with Gasteiger partial charge < -0.3 is 4.84 Å². The molecule has 0 radical (unpaired) electrons. The Hall–Kier alpha value is -3.55. The lowest BCUT2D eigenvalue weighted by molar-refractivity contribution is -0.170. The van der Waals surface area contributed by atoms with Crippen molar-refractivity contribution in [1.82, 2.24) is 9.79 Å². The zero-order valence-corrected chi connectivity index (χ0v) is 15.3. The molecule has 0 aromatic heterocycles. The molecule has 1 N–H and O–H groups in total. The Labute approximate surface area is 160 Å². The quantitative estimate of drug-likeness (QED) is 0.741. The summed E-state index contributed by atoms with van der Waals surface area (Å²) < 4.78 is 26.8. The summed E-state index contributed by atoms with van der Waals surface area (Å²) in [5.74, 6) is -2.75. The van der Waals surface area contributed by atoms with E-state index in [-0.39, 0.29) is 21.6 Å². The average Bonchev–Trinajstić information content (AvgIpc) is 2.93. The first-order chi connectivity index (χ1) is 13.2. The molecule has 28 heavy (non-hydrogen) atoms. The van der Waals surface area contributed by atoms with Crippen molar-refractivity contribution in [2.24, 2.45) is 0 Å². The van der Waals surface area contributed by atoms with Crippen LogP contribution in [-0.4, -0.2) is 37.3 Å². The van der Waals surface area contributed by atoms with E-state index in [1.807, 2.05) is 6.07 Å². The number of nitrogens with zero attached hydrogens (tertiary/aromatic N) is 2. The van der Waals surface area contributed by atoms with E-state index in [2.05, 4.69) is 4.72 Å². The summed E-state index contributed by atoms with van der Waals surface area (Å²) in [5, 5.41) is 9.06. The number of fused-ring (bicyclic) bond motifs is 1. The van der Waals surface area contributed by atoms with E-state index in [0.29, 0.717) is 5.06 Å². The first-order valence-corrected chi connectivity index (χ1v) is 9.45. The van der Waals surface area contributed by atoms with Gasteiger partial charge in [-0.15, -0.1) is 0 Å². The third-order valence-corrected chi connectivity index (χ3v) is 5.47. The maximum absolute atomic E-state index is 12.3. The molecule has 0 aliphatic carbocycles. The van der Waals surface area contributed by atoms with Crippen LogP contribution in [0.15, 0.2) is 53.4 Å². The number of hydrogen-bond donors (Lipinski definition) is 1. The fourth-order valence-electron chi connectivity index (χ4n) is 2.48. The van der Waals surface area contributed by atoms with Crippen molar-refractivity contribution in [3.63, 3.8) is 0 Å². The number of amides is 2. The number of carbonyl (C=O) groups is 3. The first kappa shape index (κ1) is 19.2. The van der Waals surface area contributed by atoms with Crippen LogP contribution >= 0.6 is 0 Å². The molecule has 0 spiro atoms. The van der Waals surface area contributed by atoms with E-state index in [1.54, 1.807) is 12.1 Å². The van der Waals surface area contributed by atoms with Crippen LogP contribution in [0.4, 0.5) is 0 Å². The van der Waals surface area contributed by atoms with Crippen LogP contribution in [0.25, 0.3) is 0 Å². The van der Waals surface area contributed by atoms with Crippen molar-refractivity contribution < 1.29 is 27.6 Å². The first-order valence-electron chi connectivity index (χ1n) is 7.96. The third-order valence-electron chi connectivity index (χ3n) is 3.92. The van der Waals surface area contributed by atoms with E-state index < -0.39 is 33.8 Å². The second-order valence-electron chi connectivity index (χ2n) is 5.84. The van der Waals surface area contributed by atoms with E-state index in [0.717, 1.165) is 0 Å². The minimum Gasteiger partial charge on any atom is -0.328 e. The highest BCUT2D eigenvalue weighted by Gasteiger charge is 2.39. The van der Waals surface area contributed by atoms with E-state index >= 15 is 0 Å². The van der Waals surface area contributed by atoms with Crippen molar-refractivity contribution in [2.75, 3.05) is 0 Å². The molecule has 2 aromatic carbocycles. The topological polar surface area (TPSA) is 134 Å². The van der Waals surface area contributed by atoms with Crippen molar-refractivity contribution >= 4 is 27.8 Å². The van der Waals surface area contributed by atoms with E-state index in [9.17, 15) is 22.8 Å². The van der Waals surface area contributed by atoms with Gasteiger partial charge in [-0.2, -0.15) is 9.98 Å². The molecule has 0 bridgehead atoms. The SMILES string of the molecule is CC(NS(=O)(=O)c1ccc(C#N)cc1)C(=O)ON1C(=O)c2ccccc2C1=O. The van der Waals surface area contributed by atoms with Gasteiger partial charge in [0.1, 0.15) is 6.04 Å². The van der Waals surface area contributed by atoms with Crippen LogP contribution in [0.5, 0.6) is 0 Å². The summed E-state index contributed by atoms with van der Waals surface area (Å²) in [4.78, 5) is 41.3. The number of carbonyl (C=O) groups excluding carboxylic acids is 3. The molecule has 10 heteroatoms. The van der Waals surface area contributed by atoms with Crippen LogP contribution in [-0.2, 0) is 19.7 Å². The van der Waals surface area contributed by atoms with Crippen LogP contribution in [0, 0.1) is 11.3 Å². The average molecular weight is 399 g/mol. The summed E-state index contributed by atoms with van der Waals surface area (Å²) in [6.45, 7) is 1.21. The summed E-state index contributed by atoms with van der Waals surface area (Å²) in [7, 11) is -4.09. The van der Waals surface area contributed by atoms with Gasteiger partial charge in [0, 0.05) is 0 Å². The number of imide groups is 1. The molecule has 0 saturated carbocycles. The highest BCUT2D eigenvalue weighted by atomic mass is 32.2. The summed E-state index contributed by atoms with van der Waals surface area (Å²) in [6.07, 6.45) is 0. The minimum absolute atomic E-state index is 0.0890. The summed E-state index contributed by atoms with van der Waals surface area (Å²) >= 11 is 0. The second kappa shape index (κ2) is 7.22. The molecule has 2 aromatic rings. The number of hydrogen-bond acceptors (Lipinski definition) is 7. The summed E-state index contributed by atoms with van der Waals surface area (Å²) in [5.41, 5.74) is 0.453. The lowest BCUT2D eigenvalue weighted by atomic mass is 10.1. The van der Waals surface area contributed by atoms with Crippen LogP contribution in [0.3, 0.4) is 0 Å². The van der Waals surface area contributed by atoms with Gasteiger partial charge in [0.25, 0.3) is 11.8 Å². The van der Waals surface area contributed by atoms with Gasteiger partial charge in [0.2, 0.25) is 10.0 Å². The van der Waals surface area contributed by atoms with Crippen LogP contribution in [0.2, 0.25) is 0 Å². The highest BCUT2D eigenvalue weighted by Crippen LogP contribution is 2.23. The van der Waals surface area contributed by atoms with Gasteiger partial charge in [-0.05, 0) is 43.3 Å². The van der Waals surface area contributed by atoms with Gasteiger partial charge in [-0.3, -0.25) is 9.59 Å². The molecule has 1 atom stereocenters. The van der Waals surface area contributed by atoms with E-state index in [1.165, 1.54) is 43.3 Å². The lowest BCUT2D eigenvalue weighted by Gasteiger charge is -2.17. The Morgan fingerprint density at radius 2 is 1.61 bits per heavy atom. The molecule has 0 saturated heterocycles. The predicted octanol–water partition coefficient (Wildman–Crippen LogP) is 0.979. The number of sulfonamides is 1. The molecule has 3 rings (SSSR count). The Balaban J connectivity index is 1.70. The molecular formula is C18H13N3O6S. The van der Waals surface area contributed by atoms with Crippen LogP contribution in [0.1, 0.15) is 33.2 Å². The maximum atomic E-state index is 12.3. The van der Waals surface area contributed by atoms with Crippen LogP contribution < -0.4 is 4.72 Å². The molecule has 1 heterocycles. The number of nitrogens with one attached hydrogen (secondary N) is 1. The van der Waals surface area contributed by atoms with Gasteiger partial charge >= 0.3 is 5.97 Å². The zero-order chi connectivity index (χ0) is 20.5. The molecule has 2 amide bonds. The summed E-state index contributed by atoms with van der Waals surface area (Å²) in [6, 6.07) is 11.5. The fourth-order valence-corrected chi connectivity index (χ4v) is 3.67. The van der Waals surface area contributed by atoms with Crippen molar-refractivity contribution in [3.05, 3.63) is 65.2 Å². The fraction of sp³-hybridized carbons (Fsp3) is 0.111. The molecule has 1 aliphatic rings. The lowest BCUT2D eigenvalue weighted by Crippen LogP contribution is -2.43. The second-order valence-corrected chi connectivity index (χ2v) is 7.55. The highest BCUT2D eigenvalue weighted by molar-refractivity contribution is 7.89. The van der Waals surface area contributed by atoms with E-state index in [4.69, 9.17) is 10.1 Å². The Kier molecular flexibility index (Phi) is 4.96. The van der Waals surface area contributed by atoms with Crippen molar-refractivity contribution in [1.29, 1.82) is 5.26 Å². The van der Waals surface area contributed by atoms with Gasteiger partial charge in [-0.1, -0.05) is 17.2 Å². The monoisotopic (exact) mass is 399 g/mol. The molecular weight excluding hydrogens is 386 g/mol. The van der Waals surface area contributed by atoms with Crippen molar-refractivity contribution in [3.8, 4) is 6.07 Å². The Bertz CT molecular complexity index is 1080. The standard InChI is InChI=1S/C18H13N3O6S/c1-11(20-28(25,26)13-8-6-12(10-19)7-9-13)18(24)27-21-16(22)14-4-2-3-5-15(14)17(21)23/h2-9,11,20H,1H3. The number of rotatable bonds is 5. The normalized spacial score (nSPS) is 14.4. The third kappa shape index (κ3) is 3.48. The minimum atomic E-state index is -4.09. The number of benzene rings is 2. The Morgan fingerprint density at radius 3 is 2.11 bits per heavy atom. The number of nitriles is 1. The maximum Gasteiger partial charge on any atom is 0.350 e. The molecule has 1 unspecified atom stereocenters. The molecule has 142 valence electrons. The van der Waals surface area contributed by atoms with Crippen molar-refractivity contribution in [2.45, 2.75) is 17.9 Å². The molecule has 0 fully saturated rings. The largest absolute Gasteiger partial charge is 0.350 e. The van der Waals surface area contributed by atoms with Gasteiger partial charge in [0.05, 0.1) is 27.7 Å². The zero-order valence-electron chi connectivity index (χ0n) is 14.4. The molecule has 9 nitrogen and oxygen atoms in total. The number of hydroxylamine groups is 2. The predicted molar refractivity (Wildman–Crippen MR) is 94.0 cm³/mol. The molecule has 1 aliphatic heterocycles. The van der Waals surface area contributed by atoms with Gasteiger partial charge in [-0.25, -0.2) is 13.2 Å². The van der Waals surface area contributed by atoms with Gasteiger partial charge in [0.15, 0.2) is 0 Å².